The molecule has 0 heterocycles. The summed E-state index contributed by atoms with van der Waals surface area (Å²) in [6.07, 6.45) is 3.02. The molecule has 2 rings (SSSR count). The second-order valence-corrected chi connectivity index (χ2v) is 6.42. The predicted octanol–water partition coefficient (Wildman–Crippen LogP) is 4.66. The molecule has 23 heavy (non-hydrogen) atoms. The van der Waals surface area contributed by atoms with E-state index in [0.717, 1.165) is 27.9 Å². The largest absolute Gasteiger partial charge is 0.481 e. The van der Waals surface area contributed by atoms with Gasteiger partial charge >= 0.3 is 5.97 Å². The summed E-state index contributed by atoms with van der Waals surface area (Å²) in [4.78, 5) is 22.8. The van der Waals surface area contributed by atoms with Crippen LogP contribution < -0.4 is 0 Å². The Kier molecular flexibility index (Phi) is 6.12. The lowest BCUT2D eigenvalue weighted by Gasteiger charge is -2.03. The van der Waals surface area contributed by atoms with Gasteiger partial charge in [0, 0.05) is 14.9 Å². The maximum absolute atomic E-state index is 13.9. The van der Waals surface area contributed by atoms with Gasteiger partial charge in [-0.25, -0.2) is 4.39 Å². The van der Waals surface area contributed by atoms with Crippen LogP contribution in [-0.2, 0) is 4.79 Å². The van der Waals surface area contributed by atoms with Crippen LogP contribution in [0, 0.1) is 5.82 Å². The SMILES string of the molecule is O=C(O)CSc1ccc(C(=O)/C=C/c2ccccc2Br)cc1F. The zero-order valence-corrected chi connectivity index (χ0v) is 14.2. The van der Waals surface area contributed by atoms with E-state index in [2.05, 4.69) is 15.9 Å². The molecule has 0 aromatic heterocycles. The van der Waals surface area contributed by atoms with Crippen LogP contribution >= 0.6 is 27.7 Å². The molecule has 0 amide bonds. The molecule has 0 unspecified atom stereocenters. The van der Waals surface area contributed by atoms with Crippen LogP contribution in [0.2, 0.25) is 0 Å². The summed E-state index contributed by atoms with van der Waals surface area (Å²) >= 11 is 4.26. The van der Waals surface area contributed by atoms with Crippen molar-refractivity contribution >= 4 is 45.5 Å². The molecule has 0 aliphatic heterocycles. The van der Waals surface area contributed by atoms with E-state index >= 15 is 0 Å². The lowest BCUT2D eigenvalue weighted by atomic mass is 10.1. The minimum atomic E-state index is -1.02. The highest BCUT2D eigenvalue weighted by Gasteiger charge is 2.09. The average molecular weight is 395 g/mol. The molecule has 0 saturated heterocycles. The van der Waals surface area contributed by atoms with Crippen molar-refractivity contribution in [2.24, 2.45) is 0 Å². The first-order valence-electron chi connectivity index (χ1n) is 6.58. The Balaban J connectivity index is 2.12. The van der Waals surface area contributed by atoms with Crippen molar-refractivity contribution in [1.29, 1.82) is 0 Å². The molecule has 3 nitrogen and oxygen atoms in total. The quantitative estimate of drug-likeness (QED) is 0.439. The zero-order valence-electron chi connectivity index (χ0n) is 11.8. The summed E-state index contributed by atoms with van der Waals surface area (Å²) in [6.45, 7) is 0. The molecule has 1 N–H and O–H groups in total. The number of carbonyl (C=O) groups is 2. The first-order valence-corrected chi connectivity index (χ1v) is 8.36. The van der Waals surface area contributed by atoms with Gasteiger partial charge in [-0.1, -0.05) is 34.1 Å². The third kappa shape index (κ3) is 5.04. The number of aliphatic carboxylic acids is 1. The number of halogens is 2. The van der Waals surface area contributed by atoms with Gasteiger partial charge in [0.15, 0.2) is 5.78 Å². The number of carbonyl (C=O) groups excluding carboxylic acids is 1. The molecule has 6 heteroatoms. The van der Waals surface area contributed by atoms with E-state index in [1.165, 1.54) is 18.2 Å². The molecular formula is C17H12BrFO3S. The van der Waals surface area contributed by atoms with E-state index in [9.17, 15) is 14.0 Å². The molecule has 0 saturated carbocycles. The van der Waals surface area contributed by atoms with Crippen molar-refractivity contribution in [3.05, 3.63) is 70.0 Å². The maximum atomic E-state index is 13.9. The Morgan fingerprint density at radius 1 is 1.22 bits per heavy atom. The van der Waals surface area contributed by atoms with Crippen LogP contribution in [0.15, 0.2) is 57.9 Å². The minimum absolute atomic E-state index is 0.207. The summed E-state index contributed by atoms with van der Waals surface area (Å²) in [5, 5.41) is 8.60. The summed E-state index contributed by atoms with van der Waals surface area (Å²) < 4.78 is 14.7. The summed E-state index contributed by atoms with van der Waals surface area (Å²) in [6, 6.07) is 11.5. The third-order valence-electron chi connectivity index (χ3n) is 2.89. The predicted molar refractivity (Wildman–Crippen MR) is 92.3 cm³/mol. The number of carboxylic acids is 1. The smallest absolute Gasteiger partial charge is 0.313 e. The van der Waals surface area contributed by atoms with Crippen molar-refractivity contribution in [3.8, 4) is 0 Å². The standard InChI is InChI=1S/C17H12BrFO3S/c18-13-4-2-1-3-11(13)5-7-15(20)12-6-8-16(14(19)9-12)23-10-17(21)22/h1-9H,10H2,(H,21,22)/b7-5+. The number of carboxylic acid groups (broad SMARTS) is 1. The van der Waals surface area contributed by atoms with Crippen LogP contribution in [0.5, 0.6) is 0 Å². The second kappa shape index (κ2) is 8.08. The maximum Gasteiger partial charge on any atom is 0.313 e. The van der Waals surface area contributed by atoms with Crippen LogP contribution in [0.4, 0.5) is 4.39 Å². The lowest BCUT2D eigenvalue weighted by molar-refractivity contribution is -0.133. The number of hydrogen-bond acceptors (Lipinski definition) is 3. The van der Waals surface area contributed by atoms with Crippen molar-refractivity contribution in [2.45, 2.75) is 4.90 Å². The van der Waals surface area contributed by atoms with Gasteiger partial charge in [0.25, 0.3) is 0 Å². The Labute approximate surface area is 145 Å². The highest BCUT2D eigenvalue weighted by molar-refractivity contribution is 9.10. The van der Waals surface area contributed by atoms with Crippen LogP contribution in [0.1, 0.15) is 15.9 Å². The van der Waals surface area contributed by atoms with Gasteiger partial charge < -0.3 is 5.11 Å². The van der Waals surface area contributed by atoms with E-state index in [0.29, 0.717) is 0 Å². The van der Waals surface area contributed by atoms with Crippen molar-refractivity contribution < 1.29 is 19.1 Å². The molecule has 0 fully saturated rings. The molecule has 118 valence electrons. The third-order valence-corrected chi connectivity index (χ3v) is 4.64. The summed E-state index contributed by atoms with van der Waals surface area (Å²) in [7, 11) is 0. The molecule has 0 aliphatic rings. The highest BCUT2D eigenvalue weighted by atomic mass is 79.9. The number of rotatable bonds is 6. The normalized spacial score (nSPS) is 10.9. The van der Waals surface area contributed by atoms with E-state index in [1.54, 1.807) is 6.08 Å². The molecule has 2 aromatic carbocycles. The summed E-state index contributed by atoms with van der Waals surface area (Å²) in [5.41, 5.74) is 1.06. The topological polar surface area (TPSA) is 54.4 Å². The van der Waals surface area contributed by atoms with Gasteiger partial charge in [-0.05, 0) is 42.0 Å². The molecular weight excluding hydrogens is 383 g/mol. The molecule has 0 aliphatic carbocycles. The number of thioether (sulfide) groups is 1. The first kappa shape index (κ1) is 17.4. The van der Waals surface area contributed by atoms with Crippen molar-refractivity contribution in [3.63, 3.8) is 0 Å². The van der Waals surface area contributed by atoms with E-state index in [-0.39, 0.29) is 22.0 Å². The first-order chi connectivity index (χ1) is 11.0. The molecule has 0 atom stereocenters. The molecule has 0 bridgehead atoms. The van der Waals surface area contributed by atoms with Gasteiger partial charge in [0.2, 0.25) is 0 Å². The van der Waals surface area contributed by atoms with Gasteiger partial charge in [-0.15, -0.1) is 11.8 Å². The fourth-order valence-electron chi connectivity index (χ4n) is 1.78. The van der Waals surface area contributed by atoms with E-state index in [4.69, 9.17) is 5.11 Å². The molecule has 0 radical (unpaired) electrons. The van der Waals surface area contributed by atoms with Gasteiger partial charge in [0.1, 0.15) is 5.82 Å². The Morgan fingerprint density at radius 3 is 2.61 bits per heavy atom. The fraction of sp³-hybridized carbons (Fsp3) is 0.0588. The average Bonchev–Trinajstić information content (AvgIpc) is 2.52. The Bertz CT molecular complexity index is 774. The number of benzene rings is 2. The van der Waals surface area contributed by atoms with Crippen LogP contribution in [-0.4, -0.2) is 22.6 Å². The molecule has 2 aromatic rings. The van der Waals surface area contributed by atoms with Crippen molar-refractivity contribution in [1.82, 2.24) is 0 Å². The molecule has 0 spiro atoms. The zero-order chi connectivity index (χ0) is 16.8. The number of ketones is 1. The van der Waals surface area contributed by atoms with Crippen LogP contribution in [0.25, 0.3) is 6.08 Å². The van der Waals surface area contributed by atoms with Crippen LogP contribution in [0.3, 0.4) is 0 Å². The van der Waals surface area contributed by atoms with E-state index < -0.39 is 11.8 Å². The Morgan fingerprint density at radius 2 is 1.96 bits per heavy atom. The Hall–Kier alpha value is -1.92. The number of hydrogen-bond donors (Lipinski definition) is 1. The highest BCUT2D eigenvalue weighted by Crippen LogP contribution is 2.23. The lowest BCUT2D eigenvalue weighted by Crippen LogP contribution is -2.00. The second-order valence-electron chi connectivity index (χ2n) is 4.55. The number of allylic oxidation sites excluding steroid dienone is 1. The van der Waals surface area contributed by atoms with Gasteiger partial charge in [0.05, 0.1) is 5.75 Å². The monoisotopic (exact) mass is 394 g/mol. The minimum Gasteiger partial charge on any atom is -0.481 e. The van der Waals surface area contributed by atoms with E-state index in [1.807, 2.05) is 24.3 Å². The summed E-state index contributed by atoms with van der Waals surface area (Å²) in [5.74, 6) is -2.18. The fourth-order valence-corrected chi connectivity index (χ4v) is 2.84. The van der Waals surface area contributed by atoms with Gasteiger partial charge in [-0.3, -0.25) is 9.59 Å². The van der Waals surface area contributed by atoms with Crippen molar-refractivity contribution in [2.75, 3.05) is 5.75 Å². The van der Waals surface area contributed by atoms with Gasteiger partial charge in [-0.2, -0.15) is 0 Å².